The zero-order valence-electron chi connectivity index (χ0n) is 56.0. The van der Waals surface area contributed by atoms with Crippen LogP contribution in [0.1, 0.15) is 164 Å². The minimum absolute atomic E-state index is 0.750. The van der Waals surface area contributed by atoms with Crippen molar-refractivity contribution in [1.82, 2.24) is 67.9 Å². The van der Waals surface area contributed by atoms with Crippen molar-refractivity contribution in [3.05, 3.63) is 164 Å². The molecule has 9 rings (SSSR count). The minimum Gasteiger partial charge on any atom is -0.446 e. The first-order valence-electron chi connectivity index (χ1n) is 27.2. The van der Waals surface area contributed by atoms with Gasteiger partial charge in [0, 0.05) is 88.1 Å². The van der Waals surface area contributed by atoms with Crippen LogP contribution in [0.5, 0.6) is 0 Å². The lowest BCUT2D eigenvalue weighted by molar-refractivity contribution is 0.493. The van der Waals surface area contributed by atoms with E-state index in [9.17, 15) is 0 Å². The van der Waals surface area contributed by atoms with Crippen molar-refractivity contribution < 1.29 is 8.83 Å². The van der Waals surface area contributed by atoms with E-state index in [1.165, 1.54) is 72.0 Å². The molecule has 0 bridgehead atoms. The molecule has 0 spiro atoms. The predicted octanol–water partition coefficient (Wildman–Crippen LogP) is 14.6. The van der Waals surface area contributed by atoms with Crippen molar-refractivity contribution in [2.24, 2.45) is 35.2 Å². The maximum atomic E-state index is 5.10. The van der Waals surface area contributed by atoms with E-state index in [1.54, 1.807) is 11.3 Å². The fourth-order valence-corrected chi connectivity index (χ4v) is 8.39. The summed E-state index contributed by atoms with van der Waals surface area (Å²) in [5.41, 5.74) is 22.9. The maximum Gasteiger partial charge on any atom is 0.191 e. The molecule has 442 valence electrons. The van der Waals surface area contributed by atoms with Crippen LogP contribution in [0.4, 0.5) is 0 Å². The summed E-state index contributed by atoms with van der Waals surface area (Å²) in [4.78, 5) is 30.7. The Balaban J connectivity index is 0.000000450. The van der Waals surface area contributed by atoms with Gasteiger partial charge in [-0.1, -0.05) is 0 Å². The smallest absolute Gasteiger partial charge is 0.191 e. The number of aromatic nitrogens is 14. The van der Waals surface area contributed by atoms with Gasteiger partial charge in [0.1, 0.15) is 34.8 Å². The van der Waals surface area contributed by atoms with Crippen molar-refractivity contribution in [1.29, 1.82) is 0 Å². The molecule has 0 radical (unpaired) electrons. The molecule has 0 saturated carbocycles. The molecule has 0 unspecified atom stereocenters. The summed E-state index contributed by atoms with van der Waals surface area (Å²) in [5.74, 6) is 7.69. The normalized spacial score (nSPS) is 10.1. The third kappa shape index (κ3) is 20.7. The molecule has 9 aromatic heterocycles. The van der Waals surface area contributed by atoms with E-state index in [2.05, 4.69) is 151 Å². The van der Waals surface area contributed by atoms with Gasteiger partial charge in [0.05, 0.1) is 56.3 Å². The van der Waals surface area contributed by atoms with Gasteiger partial charge in [0.25, 0.3) is 0 Å². The Morgan fingerprint density at radius 3 is 0.613 bits per heavy atom. The largest absolute Gasteiger partial charge is 0.446 e. The second kappa shape index (κ2) is 31.9. The number of nitrogens with zero attached hydrogens (tertiary/aromatic N) is 14. The summed E-state index contributed by atoms with van der Waals surface area (Å²) in [6, 6.07) is 0. The Bertz CT molecular complexity index is 2830. The average Bonchev–Trinajstić information content (AvgIpc) is 4.21. The molecule has 0 atom stereocenters. The quantitative estimate of drug-likeness (QED) is 0.142. The van der Waals surface area contributed by atoms with Gasteiger partial charge in [-0.2, -0.15) is 10.2 Å². The van der Waals surface area contributed by atoms with E-state index in [1.807, 2.05) is 153 Å². The Morgan fingerprint density at radius 2 is 0.525 bits per heavy atom. The number of thiazole rings is 1. The highest BCUT2D eigenvalue weighted by Crippen LogP contribution is 2.18. The van der Waals surface area contributed by atoms with Gasteiger partial charge < -0.3 is 31.7 Å². The first-order valence-corrected chi connectivity index (χ1v) is 28.0. The van der Waals surface area contributed by atoms with Gasteiger partial charge >= 0.3 is 0 Å². The highest BCUT2D eigenvalue weighted by atomic mass is 32.1. The van der Waals surface area contributed by atoms with E-state index in [0.29, 0.717) is 0 Å². The highest BCUT2D eigenvalue weighted by molar-refractivity contribution is 7.11. The van der Waals surface area contributed by atoms with Crippen molar-refractivity contribution in [2.75, 3.05) is 0 Å². The summed E-state index contributed by atoms with van der Waals surface area (Å²) < 4.78 is 20.8. The van der Waals surface area contributed by atoms with E-state index in [4.69, 9.17) is 8.83 Å². The summed E-state index contributed by atoms with van der Waals surface area (Å²) in [6.45, 7) is 58.8. The number of aryl methyl sites for hydroxylation is 19. The Morgan fingerprint density at radius 1 is 0.263 bits per heavy atom. The number of imidazole rings is 4. The van der Waals surface area contributed by atoms with Crippen LogP contribution in [-0.2, 0) is 35.2 Å². The standard InChI is InChI=1S/C9H15N.C8H12N2.4C7H12N2.2C6H9NO.C6H9NS/c1-6-7(2)9(4)10(5)8(6)3;1-5-6(2)8(4)10-9-7(5)3;4*1-5-6(2)9(4)7(3)8-5;3*1-4-5(2)8-6(3)7-4/h1-5H3;1-4H3;4*1-4H3;3*1-3H3. The minimum atomic E-state index is 0.750. The summed E-state index contributed by atoms with van der Waals surface area (Å²) >= 11 is 1.76. The molecule has 9 aromatic rings. The molecule has 17 heteroatoms. The lowest BCUT2D eigenvalue weighted by Gasteiger charge is -2.03. The molecule has 0 aromatic carbocycles. The number of hydrogen-bond acceptors (Lipinski definition) is 12. The second-order valence-corrected chi connectivity index (χ2v) is 22.2. The molecule has 0 saturated heterocycles. The summed E-state index contributed by atoms with van der Waals surface area (Å²) in [7, 11) is 10.2. The molecule has 0 N–H and O–H groups in total. The summed E-state index contributed by atoms with van der Waals surface area (Å²) in [5, 5.41) is 9.14. The van der Waals surface area contributed by atoms with Gasteiger partial charge in [0.15, 0.2) is 11.8 Å². The van der Waals surface area contributed by atoms with Crippen LogP contribution in [0.25, 0.3) is 0 Å². The first-order chi connectivity index (χ1) is 36.8. The summed E-state index contributed by atoms with van der Waals surface area (Å²) in [6.07, 6.45) is 0. The zero-order chi connectivity index (χ0) is 62.1. The Kier molecular flexibility index (Phi) is 28.4. The molecular formula is C63H102N14O2S. The van der Waals surface area contributed by atoms with E-state index >= 15 is 0 Å². The number of hydrogen-bond donors (Lipinski definition) is 0. The van der Waals surface area contributed by atoms with E-state index in [0.717, 1.165) is 92.2 Å². The molecule has 0 aliphatic heterocycles. The lowest BCUT2D eigenvalue weighted by Crippen LogP contribution is -1.97. The van der Waals surface area contributed by atoms with Crippen LogP contribution in [-0.4, -0.2) is 67.9 Å². The zero-order valence-corrected chi connectivity index (χ0v) is 56.8. The highest BCUT2D eigenvalue weighted by Gasteiger charge is 2.08. The van der Waals surface area contributed by atoms with Crippen LogP contribution in [0.3, 0.4) is 0 Å². The van der Waals surface area contributed by atoms with Crippen molar-refractivity contribution in [2.45, 2.75) is 201 Å². The van der Waals surface area contributed by atoms with E-state index in [-0.39, 0.29) is 0 Å². The van der Waals surface area contributed by atoms with Crippen LogP contribution in [0.2, 0.25) is 0 Å². The monoisotopic (exact) mass is 1120 g/mol. The number of oxazole rings is 2. The molecule has 0 aliphatic rings. The van der Waals surface area contributed by atoms with Crippen LogP contribution < -0.4 is 0 Å². The molecular weight excluding hydrogens is 1020 g/mol. The third-order valence-corrected chi connectivity index (χ3v) is 16.4. The molecule has 80 heavy (non-hydrogen) atoms. The second-order valence-electron chi connectivity index (χ2n) is 20.8. The maximum absolute atomic E-state index is 5.10. The topological polar surface area (TPSA) is 167 Å². The van der Waals surface area contributed by atoms with Crippen LogP contribution >= 0.6 is 11.3 Å². The fraction of sp³-hybridized carbons (Fsp3) is 0.540. The van der Waals surface area contributed by atoms with Crippen molar-refractivity contribution in [3.63, 3.8) is 0 Å². The Labute approximate surface area is 486 Å². The van der Waals surface area contributed by atoms with Crippen molar-refractivity contribution >= 4 is 11.3 Å². The van der Waals surface area contributed by atoms with Crippen LogP contribution in [0.15, 0.2) is 8.83 Å². The average molecular weight is 1120 g/mol. The van der Waals surface area contributed by atoms with Gasteiger partial charge in [0.2, 0.25) is 0 Å². The predicted molar refractivity (Wildman–Crippen MR) is 333 cm³/mol. The van der Waals surface area contributed by atoms with Gasteiger partial charge in [-0.05, 0) is 209 Å². The Hall–Kier alpha value is -6.75. The molecule has 0 amide bonds. The lowest BCUT2D eigenvalue weighted by atomic mass is 10.1. The molecule has 0 fully saturated rings. The van der Waals surface area contributed by atoms with Gasteiger partial charge in [-0.3, -0.25) is 0 Å². The van der Waals surface area contributed by atoms with E-state index < -0.39 is 0 Å². The number of rotatable bonds is 0. The molecule has 0 aliphatic carbocycles. The van der Waals surface area contributed by atoms with Gasteiger partial charge in [-0.25, -0.2) is 34.9 Å². The fourth-order valence-electron chi connectivity index (χ4n) is 7.58. The SMILES string of the molecule is Cc1c(C)c(C)n(C)c1C.Cc1nc(C)c(C)o1.Cc1nc(C)c(C)o1.Cc1nc(C)c(C)s1.Cc1nc(C)n(C)c1C.Cc1nc(C)n(C)c1C.Cc1nc(C)n(C)c1C.Cc1nc(C)n(C)c1C.Cc1nnc(C)c(C)c1C. The molecule has 16 nitrogen and oxygen atoms in total. The van der Waals surface area contributed by atoms with Crippen molar-refractivity contribution in [3.8, 4) is 0 Å². The third-order valence-electron chi connectivity index (χ3n) is 15.4. The van der Waals surface area contributed by atoms with Crippen LogP contribution in [0, 0.1) is 201 Å². The first kappa shape index (κ1) is 71.3. The molecule has 9 heterocycles. The van der Waals surface area contributed by atoms with Gasteiger partial charge in [-0.15, -0.1) is 11.3 Å².